The first-order chi connectivity index (χ1) is 11.0. The largest absolute Gasteiger partial charge is 0.393 e. The summed E-state index contributed by atoms with van der Waals surface area (Å²) >= 11 is 5.26. The fourth-order valence-corrected chi connectivity index (χ4v) is 3.04. The summed E-state index contributed by atoms with van der Waals surface area (Å²) in [4.78, 5) is 5.34. The highest BCUT2D eigenvalue weighted by Crippen LogP contribution is 2.31. The van der Waals surface area contributed by atoms with Crippen LogP contribution in [0.5, 0.6) is 0 Å². The molecule has 0 radical (unpaired) electrons. The van der Waals surface area contributed by atoms with Crippen molar-refractivity contribution in [2.45, 2.75) is 33.1 Å². The summed E-state index contributed by atoms with van der Waals surface area (Å²) in [7, 11) is 0. The van der Waals surface area contributed by atoms with Gasteiger partial charge >= 0.3 is 0 Å². The maximum Gasteiger partial charge on any atom is 0.137 e. The van der Waals surface area contributed by atoms with Crippen LogP contribution >= 0.6 is 12.2 Å². The smallest absolute Gasteiger partial charge is 0.137 e. The first-order valence-corrected chi connectivity index (χ1v) is 8.30. The van der Waals surface area contributed by atoms with Gasteiger partial charge in [0, 0.05) is 17.2 Å². The molecule has 3 rings (SSSR count). The zero-order valence-electron chi connectivity index (χ0n) is 13.7. The molecule has 2 heterocycles. The highest BCUT2D eigenvalue weighted by atomic mass is 32.1. The van der Waals surface area contributed by atoms with Crippen molar-refractivity contribution < 1.29 is 0 Å². The Labute approximate surface area is 142 Å². The van der Waals surface area contributed by atoms with Gasteiger partial charge in [-0.25, -0.2) is 4.98 Å². The van der Waals surface area contributed by atoms with Crippen LogP contribution in [0.25, 0.3) is 16.9 Å². The first kappa shape index (κ1) is 15.7. The molecule has 0 aliphatic carbocycles. The van der Waals surface area contributed by atoms with Crippen molar-refractivity contribution in [3.8, 4) is 11.3 Å². The summed E-state index contributed by atoms with van der Waals surface area (Å²) < 4.78 is 2.16. The van der Waals surface area contributed by atoms with Crippen molar-refractivity contribution in [3.05, 3.63) is 59.4 Å². The summed E-state index contributed by atoms with van der Waals surface area (Å²) in [6.07, 6.45) is 1.03. The molecule has 1 unspecified atom stereocenters. The third-order valence-corrected chi connectivity index (χ3v) is 4.70. The molecule has 23 heavy (non-hydrogen) atoms. The van der Waals surface area contributed by atoms with Gasteiger partial charge in [0.05, 0.1) is 16.4 Å². The lowest BCUT2D eigenvalue weighted by Gasteiger charge is -2.14. The average molecular weight is 323 g/mol. The number of nitrogens with zero attached hydrogens (tertiary/aromatic N) is 2. The molecule has 0 bridgehead atoms. The predicted octanol–water partition coefficient (Wildman–Crippen LogP) is 4.26. The number of hydrogen-bond donors (Lipinski definition) is 1. The molecule has 1 aromatic carbocycles. The van der Waals surface area contributed by atoms with Gasteiger partial charge in [-0.3, -0.25) is 4.40 Å². The SMILES string of the molecule is CCc1ccc(-c2nc3cccc(C)n3c2C(C)C(N)=S)cc1. The quantitative estimate of drug-likeness (QED) is 0.730. The standard InChI is InChI=1S/C19H21N3S/c1-4-14-8-10-15(11-9-14)17-18(13(3)19(20)23)22-12(2)6-5-7-16(22)21-17/h5-11,13H,4H2,1-3H3,(H2,20,23). The normalized spacial score (nSPS) is 12.5. The van der Waals surface area contributed by atoms with Crippen LogP contribution in [0.2, 0.25) is 0 Å². The number of hydrogen-bond acceptors (Lipinski definition) is 2. The summed E-state index contributed by atoms with van der Waals surface area (Å²) in [5, 5.41) is 0. The fourth-order valence-electron chi connectivity index (χ4n) is 2.93. The van der Waals surface area contributed by atoms with E-state index in [1.807, 2.05) is 19.1 Å². The monoisotopic (exact) mass is 323 g/mol. The number of thiocarbonyl (C=S) groups is 1. The number of benzene rings is 1. The highest BCUT2D eigenvalue weighted by Gasteiger charge is 2.22. The maximum atomic E-state index is 5.95. The van der Waals surface area contributed by atoms with Crippen LogP contribution in [-0.2, 0) is 6.42 Å². The van der Waals surface area contributed by atoms with Crippen molar-refractivity contribution in [2.24, 2.45) is 5.73 Å². The van der Waals surface area contributed by atoms with Gasteiger partial charge in [0.25, 0.3) is 0 Å². The molecule has 1 atom stereocenters. The van der Waals surface area contributed by atoms with Crippen LogP contribution < -0.4 is 5.73 Å². The molecule has 0 spiro atoms. The molecule has 0 fully saturated rings. The Kier molecular flexibility index (Phi) is 4.18. The van der Waals surface area contributed by atoms with Crippen molar-refractivity contribution in [3.63, 3.8) is 0 Å². The molecular formula is C19H21N3S. The number of rotatable bonds is 4. The van der Waals surface area contributed by atoms with E-state index in [0.29, 0.717) is 4.99 Å². The molecule has 0 aliphatic rings. The van der Waals surface area contributed by atoms with E-state index in [2.05, 4.69) is 48.6 Å². The molecule has 0 saturated carbocycles. The Bertz CT molecular complexity index is 862. The number of fused-ring (bicyclic) bond motifs is 1. The Morgan fingerprint density at radius 2 is 1.91 bits per heavy atom. The maximum absolute atomic E-state index is 5.95. The summed E-state index contributed by atoms with van der Waals surface area (Å²) in [5.74, 6) is -0.0399. The van der Waals surface area contributed by atoms with Gasteiger partial charge < -0.3 is 5.73 Å². The minimum Gasteiger partial charge on any atom is -0.393 e. The summed E-state index contributed by atoms with van der Waals surface area (Å²) in [6, 6.07) is 14.7. The number of nitrogens with two attached hydrogens (primary N) is 1. The zero-order valence-corrected chi connectivity index (χ0v) is 14.5. The van der Waals surface area contributed by atoms with Crippen LogP contribution in [0.15, 0.2) is 42.5 Å². The zero-order chi connectivity index (χ0) is 16.6. The minimum absolute atomic E-state index is 0.0399. The lowest BCUT2D eigenvalue weighted by Crippen LogP contribution is -2.19. The Hall–Kier alpha value is -2.20. The van der Waals surface area contributed by atoms with Crippen LogP contribution in [0.4, 0.5) is 0 Å². The molecule has 0 saturated heterocycles. The number of aryl methyl sites for hydroxylation is 2. The second-order valence-corrected chi connectivity index (χ2v) is 6.35. The van der Waals surface area contributed by atoms with E-state index in [9.17, 15) is 0 Å². The van der Waals surface area contributed by atoms with Crippen LogP contribution in [0.3, 0.4) is 0 Å². The van der Waals surface area contributed by atoms with Gasteiger partial charge in [-0.05, 0) is 31.0 Å². The Morgan fingerprint density at radius 3 is 2.52 bits per heavy atom. The highest BCUT2D eigenvalue weighted by molar-refractivity contribution is 7.80. The molecule has 4 heteroatoms. The first-order valence-electron chi connectivity index (χ1n) is 7.89. The Balaban J connectivity index is 2.28. The molecule has 0 amide bonds. The van der Waals surface area contributed by atoms with E-state index >= 15 is 0 Å². The van der Waals surface area contributed by atoms with E-state index < -0.39 is 0 Å². The van der Waals surface area contributed by atoms with Gasteiger partial charge in [0.2, 0.25) is 0 Å². The summed E-state index contributed by atoms with van der Waals surface area (Å²) in [6.45, 7) is 6.28. The topological polar surface area (TPSA) is 43.3 Å². The average Bonchev–Trinajstić information content (AvgIpc) is 2.95. The van der Waals surface area contributed by atoms with Crippen molar-refractivity contribution >= 4 is 22.9 Å². The van der Waals surface area contributed by atoms with Crippen LogP contribution in [-0.4, -0.2) is 14.4 Å². The third kappa shape index (κ3) is 2.75. The number of pyridine rings is 1. The molecule has 3 nitrogen and oxygen atoms in total. The van der Waals surface area contributed by atoms with Crippen molar-refractivity contribution in [1.29, 1.82) is 0 Å². The Morgan fingerprint density at radius 1 is 1.22 bits per heavy atom. The molecule has 0 aliphatic heterocycles. The van der Waals surface area contributed by atoms with E-state index in [4.69, 9.17) is 22.9 Å². The molecule has 118 valence electrons. The molecule has 2 aromatic heterocycles. The second kappa shape index (κ2) is 6.13. The number of aromatic nitrogens is 2. The van der Waals surface area contributed by atoms with E-state index in [1.54, 1.807) is 0 Å². The van der Waals surface area contributed by atoms with Gasteiger partial charge in [0.15, 0.2) is 0 Å². The van der Waals surface area contributed by atoms with Gasteiger partial charge in [0.1, 0.15) is 5.65 Å². The third-order valence-electron chi connectivity index (χ3n) is 4.35. The van der Waals surface area contributed by atoms with Gasteiger partial charge in [-0.2, -0.15) is 0 Å². The summed E-state index contributed by atoms with van der Waals surface area (Å²) in [5.41, 5.74) is 12.5. The fraction of sp³-hybridized carbons (Fsp3) is 0.263. The van der Waals surface area contributed by atoms with E-state index in [1.165, 1.54) is 5.56 Å². The second-order valence-electron chi connectivity index (χ2n) is 5.88. The van der Waals surface area contributed by atoms with Crippen LogP contribution in [0.1, 0.15) is 36.7 Å². The predicted molar refractivity (Wildman–Crippen MR) is 99.9 cm³/mol. The molecule has 2 N–H and O–H groups in total. The molecule has 3 aromatic rings. The van der Waals surface area contributed by atoms with Crippen molar-refractivity contribution in [2.75, 3.05) is 0 Å². The van der Waals surface area contributed by atoms with Crippen LogP contribution in [0, 0.1) is 6.92 Å². The van der Waals surface area contributed by atoms with Gasteiger partial charge in [-0.1, -0.05) is 56.4 Å². The van der Waals surface area contributed by atoms with E-state index in [0.717, 1.165) is 34.7 Å². The van der Waals surface area contributed by atoms with Gasteiger partial charge in [-0.15, -0.1) is 0 Å². The van der Waals surface area contributed by atoms with E-state index in [-0.39, 0.29) is 5.92 Å². The number of imidazole rings is 1. The lowest BCUT2D eigenvalue weighted by atomic mass is 10.00. The lowest BCUT2D eigenvalue weighted by molar-refractivity contribution is 0.908. The molecular weight excluding hydrogens is 302 g/mol. The minimum atomic E-state index is -0.0399. The van der Waals surface area contributed by atoms with Crippen molar-refractivity contribution in [1.82, 2.24) is 9.38 Å².